The fourth-order valence-corrected chi connectivity index (χ4v) is 4.24. The number of amides is 1. The molecule has 0 radical (unpaired) electrons. The molecule has 1 aliphatic rings. The number of phenolic OH excluding ortho intramolecular Hbond substituents is 1. The van der Waals surface area contributed by atoms with Gasteiger partial charge in [-0.15, -0.1) is 0 Å². The number of rotatable bonds is 8. The monoisotopic (exact) mass is 414 g/mol. The maximum Gasteiger partial charge on any atom is 0.217 e. The van der Waals surface area contributed by atoms with Crippen LogP contribution in [0.4, 0.5) is 4.39 Å². The van der Waals surface area contributed by atoms with Crippen LogP contribution in [0.1, 0.15) is 55.0 Å². The molecule has 2 aromatic rings. The molecule has 0 aromatic heterocycles. The number of phenols is 1. The van der Waals surface area contributed by atoms with Crippen LogP contribution in [0.15, 0.2) is 36.4 Å². The molecule has 3 atom stereocenters. The normalized spacial score (nSPS) is 17.8. The van der Waals surface area contributed by atoms with Crippen LogP contribution in [0, 0.1) is 5.82 Å². The Morgan fingerprint density at radius 3 is 2.73 bits per heavy atom. The second-order valence-electron chi connectivity index (χ2n) is 8.14. The van der Waals surface area contributed by atoms with Crippen molar-refractivity contribution in [3.05, 3.63) is 64.5 Å². The van der Waals surface area contributed by atoms with Crippen molar-refractivity contribution in [2.24, 2.45) is 0 Å². The lowest BCUT2D eigenvalue weighted by Gasteiger charge is -2.30. The first-order valence-electron chi connectivity index (χ1n) is 10.6. The molecule has 0 saturated carbocycles. The SMILES string of the molecule is CCc1ccc2c(c1)C(NCC(O)C(Cc1cc(O)cc(F)c1)NC(C)=O)CCC2. The molecule has 162 valence electrons. The smallest absolute Gasteiger partial charge is 0.217 e. The molecule has 3 unspecified atom stereocenters. The minimum atomic E-state index is -0.862. The standard InChI is InChI=1S/C24H31FN2O3/c1-3-16-7-8-18-5-4-6-22(21(18)11-16)26-14-24(30)23(27-15(2)28)12-17-9-19(25)13-20(29)10-17/h7-11,13,22-24,26,29-30H,3-6,12,14H2,1-2H3,(H,27,28). The third-order valence-corrected chi connectivity index (χ3v) is 5.76. The first-order chi connectivity index (χ1) is 14.4. The van der Waals surface area contributed by atoms with Crippen LogP contribution in [-0.4, -0.2) is 34.8 Å². The van der Waals surface area contributed by atoms with Gasteiger partial charge in [0.25, 0.3) is 0 Å². The summed E-state index contributed by atoms with van der Waals surface area (Å²) in [5, 5.41) is 26.7. The summed E-state index contributed by atoms with van der Waals surface area (Å²) in [4.78, 5) is 11.7. The van der Waals surface area contributed by atoms with Crippen molar-refractivity contribution < 1.29 is 19.4 Å². The van der Waals surface area contributed by atoms with Gasteiger partial charge in [0.05, 0.1) is 12.1 Å². The zero-order valence-corrected chi connectivity index (χ0v) is 17.6. The Labute approximate surface area is 177 Å². The van der Waals surface area contributed by atoms with Crippen LogP contribution in [0.25, 0.3) is 0 Å². The average molecular weight is 415 g/mol. The number of carbonyl (C=O) groups excluding carboxylic acids is 1. The van der Waals surface area contributed by atoms with Crippen molar-refractivity contribution in [1.82, 2.24) is 10.6 Å². The summed E-state index contributed by atoms with van der Waals surface area (Å²) in [6.07, 6.45) is 3.48. The van der Waals surface area contributed by atoms with Gasteiger partial charge in [0.15, 0.2) is 0 Å². The summed E-state index contributed by atoms with van der Waals surface area (Å²) >= 11 is 0. The highest BCUT2D eigenvalue weighted by molar-refractivity contribution is 5.73. The van der Waals surface area contributed by atoms with Crippen LogP contribution < -0.4 is 10.6 Å². The first-order valence-corrected chi connectivity index (χ1v) is 10.6. The van der Waals surface area contributed by atoms with Crippen LogP contribution in [0.5, 0.6) is 5.75 Å². The third kappa shape index (κ3) is 5.80. The second-order valence-corrected chi connectivity index (χ2v) is 8.14. The number of nitrogens with one attached hydrogen (secondary N) is 2. The number of fused-ring (bicyclic) bond motifs is 1. The maximum atomic E-state index is 13.6. The van der Waals surface area contributed by atoms with Crippen molar-refractivity contribution in [3.8, 4) is 5.75 Å². The van der Waals surface area contributed by atoms with Gasteiger partial charge in [-0.25, -0.2) is 4.39 Å². The van der Waals surface area contributed by atoms with Crippen LogP contribution in [0.2, 0.25) is 0 Å². The molecule has 3 rings (SSSR count). The lowest BCUT2D eigenvalue weighted by Crippen LogP contribution is -2.48. The van der Waals surface area contributed by atoms with Gasteiger partial charge in [-0.05, 0) is 66.5 Å². The van der Waals surface area contributed by atoms with Crippen molar-refractivity contribution >= 4 is 5.91 Å². The van der Waals surface area contributed by atoms with E-state index in [1.165, 1.54) is 35.7 Å². The van der Waals surface area contributed by atoms with E-state index in [2.05, 4.69) is 35.8 Å². The lowest BCUT2D eigenvalue weighted by molar-refractivity contribution is -0.120. The summed E-state index contributed by atoms with van der Waals surface area (Å²) < 4.78 is 13.6. The quantitative estimate of drug-likeness (QED) is 0.535. The summed E-state index contributed by atoms with van der Waals surface area (Å²) in [5.41, 5.74) is 4.45. The number of hydrogen-bond acceptors (Lipinski definition) is 4. The predicted octanol–water partition coefficient (Wildman–Crippen LogP) is 3.17. The molecule has 1 amide bonds. The molecule has 0 bridgehead atoms. The summed E-state index contributed by atoms with van der Waals surface area (Å²) in [5.74, 6) is -0.996. The molecule has 1 aliphatic carbocycles. The Morgan fingerprint density at radius 1 is 1.23 bits per heavy atom. The van der Waals surface area contributed by atoms with E-state index in [1.54, 1.807) is 0 Å². The third-order valence-electron chi connectivity index (χ3n) is 5.76. The van der Waals surface area contributed by atoms with E-state index in [4.69, 9.17) is 0 Å². The lowest BCUT2D eigenvalue weighted by atomic mass is 9.86. The molecule has 0 fully saturated rings. The van der Waals surface area contributed by atoms with Gasteiger partial charge in [0.1, 0.15) is 11.6 Å². The molecule has 0 heterocycles. The van der Waals surface area contributed by atoms with Crippen molar-refractivity contribution in [3.63, 3.8) is 0 Å². The average Bonchev–Trinajstić information content (AvgIpc) is 2.70. The molecular weight excluding hydrogens is 383 g/mol. The molecule has 6 heteroatoms. The van der Waals surface area contributed by atoms with E-state index in [0.29, 0.717) is 12.1 Å². The van der Waals surface area contributed by atoms with Gasteiger partial charge < -0.3 is 20.8 Å². The summed E-state index contributed by atoms with van der Waals surface area (Å²) in [6, 6.07) is 9.97. The molecule has 0 saturated heterocycles. The number of halogens is 1. The van der Waals surface area contributed by atoms with Gasteiger partial charge in [-0.1, -0.05) is 25.1 Å². The number of aromatic hydroxyl groups is 1. The van der Waals surface area contributed by atoms with Crippen LogP contribution in [-0.2, 0) is 24.1 Å². The zero-order valence-electron chi connectivity index (χ0n) is 17.6. The number of aryl methyl sites for hydroxylation is 2. The maximum absolute atomic E-state index is 13.6. The Hall–Kier alpha value is -2.44. The highest BCUT2D eigenvalue weighted by Crippen LogP contribution is 2.30. The van der Waals surface area contributed by atoms with Crippen LogP contribution >= 0.6 is 0 Å². The molecule has 2 aromatic carbocycles. The fraction of sp³-hybridized carbons (Fsp3) is 0.458. The highest BCUT2D eigenvalue weighted by Gasteiger charge is 2.25. The number of hydrogen-bond donors (Lipinski definition) is 4. The van der Waals surface area contributed by atoms with Crippen molar-refractivity contribution in [1.29, 1.82) is 0 Å². The van der Waals surface area contributed by atoms with Crippen molar-refractivity contribution in [2.45, 2.75) is 64.1 Å². The first kappa shape index (κ1) is 22.2. The molecular formula is C24H31FN2O3. The minimum absolute atomic E-state index is 0.158. The van der Waals surface area contributed by atoms with Gasteiger partial charge in [-0.2, -0.15) is 0 Å². The van der Waals surface area contributed by atoms with Gasteiger partial charge in [0, 0.05) is 25.6 Å². The zero-order chi connectivity index (χ0) is 21.7. The topological polar surface area (TPSA) is 81.6 Å². The van der Waals surface area contributed by atoms with E-state index >= 15 is 0 Å². The van der Waals surface area contributed by atoms with E-state index in [-0.39, 0.29) is 24.1 Å². The van der Waals surface area contributed by atoms with E-state index in [1.807, 2.05) is 0 Å². The number of aliphatic hydroxyl groups is 1. The van der Waals surface area contributed by atoms with Crippen molar-refractivity contribution in [2.75, 3.05) is 6.54 Å². The van der Waals surface area contributed by atoms with Crippen LogP contribution in [0.3, 0.4) is 0 Å². The fourth-order valence-electron chi connectivity index (χ4n) is 4.24. The van der Waals surface area contributed by atoms with E-state index < -0.39 is 18.0 Å². The Bertz CT molecular complexity index is 866. The molecule has 0 aliphatic heterocycles. The number of benzene rings is 2. The largest absolute Gasteiger partial charge is 0.508 e. The Balaban J connectivity index is 1.69. The Kier molecular flexibility index (Phi) is 7.45. The molecule has 5 nitrogen and oxygen atoms in total. The molecule has 0 spiro atoms. The van der Waals surface area contributed by atoms with Gasteiger partial charge in [-0.3, -0.25) is 4.79 Å². The molecule has 30 heavy (non-hydrogen) atoms. The van der Waals surface area contributed by atoms with E-state index in [0.717, 1.165) is 31.7 Å². The van der Waals surface area contributed by atoms with Gasteiger partial charge in [0.2, 0.25) is 5.91 Å². The van der Waals surface area contributed by atoms with Gasteiger partial charge >= 0.3 is 0 Å². The minimum Gasteiger partial charge on any atom is -0.508 e. The number of aliphatic hydroxyl groups excluding tert-OH is 1. The number of carbonyl (C=O) groups is 1. The second kappa shape index (κ2) is 10.0. The highest BCUT2D eigenvalue weighted by atomic mass is 19.1. The Morgan fingerprint density at radius 2 is 2.03 bits per heavy atom. The summed E-state index contributed by atoms with van der Waals surface area (Å²) in [6.45, 7) is 3.82. The summed E-state index contributed by atoms with van der Waals surface area (Å²) in [7, 11) is 0. The predicted molar refractivity (Wildman–Crippen MR) is 115 cm³/mol. The van der Waals surface area contributed by atoms with E-state index in [9.17, 15) is 19.4 Å². The molecule has 4 N–H and O–H groups in total.